The molecule has 1 aliphatic heterocycles. The van der Waals surface area contributed by atoms with Gasteiger partial charge in [-0.25, -0.2) is 4.39 Å². The normalized spacial score (nSPS) is 28.8. The van der Waals surface area contributed by atoms with Gasteiger partial charge in [-0.15, -0.1) is 0 Å². The maximum Gasteiger partial charge on any atom is 0.146 e. The van der Waals surface area contributed by atoms with Gasteiger partial charge in [0.25, 0.3) is 0 Å². The van der Waals surface area contributed by atoms with Gasteiger partial charge in [0.15, 0.2) is 0 Å². The minimum Gasteiger partial charge on any atom is -0.330 e. The Bertz CT molecular complexity index is 447. The summed E-state index contributed by atoms with van der Waals surface area (Å²) < 4.78 is 14.2. The minimum absolute atomic E-state index is 0.112. The second kappa shape index (κ2) is 4.80. The smallest absolute Gasteiger partial charge is 0.146 e. The molecule has 2 unspecified atom stereocenters. The molecule has 18 heavy (non-hydrogen) atoms. The molecular formula is C14H18ClFN2. The summed E-state index contributed by atoms with van der Waals surface area (Å²) in [6, 6.07) is 6.03. The fourth-order valence-corrected chi connectivity index (χ4v) is 3.31. The number of hydrogen-bond donors (Lipinski definition) is 1. The topological polar surface area (TPSA) is 29.3 Å². The van der Waals surface area contributed by atoms with E-state index in [1.807, 2.05) is 12.1 Å². The zero-order valence-electron chi connectivity index (χ0n) is 10.3. The van der Waals surface area contributed by atoms with Gasteiger partial charge in [-0.3, -0.25) is 4.90 Å². The second-order valence-corrected chi connectivity index (χ2v) is 5.75. The van der Waals surface area contributed by atoms with Crippen LogP contribution in [0.1, 0.15) is 30.9 Å². The number of nitrogens with zero attached hydrogens (tertiary/aromatic N) is 1. The molecular weight excluding hydrogens is 251 g/mol. The Labute approximate surface area is 112 Å². The van der Waals surface area contributed by atoms with Gasteiger partial charge in [-0.2, -0.15) is 0 Å². The highest BCUT2D eigenvalue weighted by Gasteiger charge is 2.43. The molecule has 2 aliphatic rings. The molecule has 1 saturated carbocycles. The summed E-state index contributed by atoms with van der Waals surface area (Å²) in [4.78, 5) is 2.42. The molecule has 3 rings (SSSR count). The summed E-state index contributed by atoms with van der Waals surface area (Å²) in [6.45, 7) is 1.64. The van der Waals surface area contributed by atoms with Gasteiger partial charge in [0.2, 0.25) is 0 Å². The second-order valence-electron chi connectivity index (χ2n) is 5.34. The predicted molar refractivity (Wildman–Crippen MR) is 71.0 cm³/mol. The Balaban J connectivity index is 1.97. The van der Waals surface area contributed by atoms with Gasteiger partial charge < -0.3 is 5.73 Å². The van der Waals surface area contributed by atoms with Crippen LogP contribution in [-0.2, 0) is 0 Å². The van der Waals surface area contributed by atoms with E-state index in [-0.39, 0.29) is 16.9 Å². The lowest BCUT2D eigenvalue weighted by molar-refractivity contribution is 0.215. The Morgan fingerprint density at radius 1 is 1.33 bits per heavy atom. The standard InChI is InChI=1S/C14H18ClFN2/c15-12-3-1-2-11(13(12)16)14-9(8-17)6-7-18(14)10-4-5-10/h1-3,9-10,14H,4-8,17H2. The third-order valence-corrected chi connectivity index (χ3v) is 4.47. The summed E-state index contributed by atoms with van der Waals surface area (Å²) in [5, 5.41) is 0.214. The third-order valence-electron chi connectivity index (χ3n) is 4.18. The summed E-state index contributed by atoms with van der Waals surface area (Å²) in [5.41, 5.74) is 6.57. The fraction of sp³-hybridized carbons (Fsp3) is 0.571. The molecule has 1 aromatic rings. The average Bonchev–Trinajstić information content (AvgIpc) is 3.13. The number of nitrogens with two attached hydrogens (primary N) is 1. The van der Waals surface area contributed by atoms with Crippen LogP contribution in [0.5, 0.6) is 0 Å². The average molecular weight is 269 g/mol. The van der Waals surface area contributed by atoms with Crippen LogP contribution in [0.4, 0.5) is 4.39 Å². The maximum atomic E-state index is 14.2. The number of halogens is 2. The quantitative estimate of drug-likeness (QED) is 0.913. The lowest BCUT2D eigenvalue weighted by Crippen LogP contribution is -2.30. The molecule has 0 amide bonds. The number of likely N-dealkylation sites (tertiary alicyclic amines) is 1. The molecule has 0 radical (unpaired) electrons. The van der Waals surface area contributed by atoms with Gasteiger partial charge >= 0.3 is 0 Å². The summed E-state index contributed by atoms with van der Waals surface area (Å²) in [5.74, 6) is 0.0775. The van der Waals surface area contributed by atoms with Gasteiger partial charge in [0.05, 0.1) is 5.02 Å². The van der Waals surface area contributed by atoms with Crippen LogP contribution in [-0.4, -0.2) is 24.0 Å². The van der Waals surface area contributed by atoms with Crippen molar-refractivity contribution in [3.8, 4) is 0 Å². The summed E-state index contributed by atoms with van der Waals surface area (Å²) in [7, 11) is 0. The fourth-order valence-electron chi connectivity index (χ4n) is 3.13. The van der Waals surface area contributed by atoms with E-state index in [4.69, 9.17) is 17.3 Å². The van der Waals surface area contributed by atoms with Crippen molar-refractivity contribution in [2.45, 2.75) is 31.3 Å². The molecule has 2 nitrogen and oxygen atoms in total. The van der Waals surface area contributed by atoms with Crippen molar-refractivity contribution in [1.82, 2.24) is 4.90 Å². The molecule has 2 fully saturated rings. The van der Waals surface area contributed by atoms with Crippen LogP contribution in [0.25, 0.3) is 0 Å². The van der Waals surface area contributed by atoms with E-state index in [1.165, 1.54) is 12.8 Å². The summed E-state index contributed by atoms with van der Waals surface area (Å²) in [6.07, 6.45) is 3.52. The van der Waals surface area contributed by atoms with Crippen molar-refractivity contribution in [3.63, 3.8) is 0 Å². The maximum absolute atomic E-state index is 14.2. The van der Waals surface area contributed by atoms with Crippen molar-refractivity contribution < 1.29 is 4.39 Å². The van der Waals surface area contributed by atoms with E-state index in [1.54, 1.807) is 6.07 Å². The van der Waals surface area contributed by atoms with Gasteiger partial charge in [0, 0.05) is 17.6 Å². The van der Waals surface area contributed by atoms with Crippen LogP contribution in [0.3, 0.4) is 0 Å². The highest BCUT2D eigenvalue weighted by atomic mass is 35.5. The van der Waals surface area contributed by atoms with Crippen LogP contribution in [0.2, 0.25) is 5.02 Å². The van der Waals surface area contributed by atoms with Crippen molar-refractivity contribution in [1.29, 1.82) is 0 Å². The first-order chi connectivity index (χ1) is 8.72. The van der Waals surface area contributed by atoms with Crippen LogP contribution < -0.4 is 5.73 Å². The molecule has 4 heteroatoms. The lowest BCUT2D eigenvalue weighted by Gasteiger charge is -2.28. The zero-order chi connectivity index (χ0) is 12.7. The summed E-state index contributed by atoms with van der Waals surface area (Å²) >= 11 is 5.90. The van der Waals surface area contributed by atoms with E-state index in [9.17, 15) is 4.39 Å². The molecule has 98 valence electrons. The van der Waals surface area contributed by atoms with E-state index in [2.05, 4.69) is 4.90 Å². The van der Waals surface area contributed by atoms with E-state index < -0.39 is 0 Å². The first-order valence-corrected chi connectivity index (χ1v) is 7.00. The number of benzene rings is 1. The first-order valence-electron chi connectivity index (χ1n) is 6.62. The third kappa shape index (κ3) is 2.04. The monoisotopic (exact) mass is 268 g/mol. The Kier molecular flexibility index (Phi) is 3.31. The van der Waals surface area contributed by atoms with Crippen molar-refractivity contribution >= 4 is 11.6 Å². The highest BCUT2D eigenvalue weighted by molar-refractivity contribution is 6.30. The van der Waals surface area contributed by atoms with Gasteiger partial charge in [0.1, 0.15) is 5.82 Å². The van der Waals surface area contributed by atoms with Crippen LogP contribution in [0, 0.1) is 11.7 Å². The molecule has 0 bridgehead atoms. The molecule has 1 aromatic carbocycles. The van der Waals surface area contributed by atoms with Crippen molar-refractivity contribution in [3.05, 3.63) is 34.6 Å². The SMILES string of the molecule is NCC1CCN(C2CC2)C1c1cccc(Cl)c1F. The molecule has 1 heterocycles. The van der Waals surface area contributed by atoms with Crippen LogP contribution >= 0.6 is 11.6 Å². The van der Waals surface area contributed by atoms with E-state index >= 15 is 0 Å². The lowest BCUT2D eigenvalue weighted by atomic mass is 9.93. The largest absolute Gasteiger partial charge is 0.330 e. The van der Waals surface area contributed by atoms with E-state index in [0.717, 1.165) is 18.5 Å². The number of rotatable bonds is 3. The Morgan fingerprint density at radius 2 is 2.11 bits per heavy atom. The minimum atomic E-state index is -0.268. The molecule has 0 spiro atoms. The molecule has 0 aromatic heterocycles. The zero-order valence-corrected chi connectivity index (χ0v) is 11.0. The van der Waals surface area contributed by atoms with Crippen molar-refractivity contribution in [2.75, 3.05) is 13.1 Å². The first kappa shape index (κ1) is 12.4. The molecule has 2 atom stereocenters. The predicted octanol–water partition coefficient (Wildman–Crippen LogP) is 2.96. The van der Waals surface area contributed by atoms with Crippen LogP contribution in [0.15, 0.2) is 18.2 Å². The van der Waals surface area contributed by atoms with E-state index in [0.29, 0.717) is 18.5 Å². The van der Waals surface area contributed by atoms with Gasteiger partial charge in [-0.05, 0) is 44.3 Å². The van der Waals surface area contributed by atoms with Gasteiger partial charge in [-0.1, -0.05) is 23.7 Å². The Morgan fingerprint density at radius 3 is 2.78 bits per heavy atom. The molecule has 1 aliphatic carbocycles. The molecule has 1 saturated heterocycles. The Hall–Kier alpha value is -0.640. The number of hydrogen-bond acceptors (Lipinski definition) is 2. The van der Waals surface area contributed by atoms with Crippen molar-refractivity contribution in [2.24, 2.45) is 11.7 Å². The highest BCUT2D eigenvalue weighted by Crippen LogP contribution is 2.44. The molecule has 2 N–H and O–H groups in total.